The standard InChI is InChI=1S/C8H7F2NO3/c1-3-2-4(6(9)10)5(8(13)14)11-7(3)12/h2,6H,1H3,(H,11,12)(H,13,14). The molecule has 14 heavy (non-hydrogen) atoms. The van der Waals surface area contributed by atoms with Gasteiger partial charge in [-0.1, -0.05) is 0 Å². The lowest BCUT2D eigenvalue weighted by molar-refractivity contribution is 0.0676. The van der Waals surface area contributed by atoms with Gasteiger partial charge in [0.05, 0.1) is 0 Å². The second-order valence-electron chi connectivity index (χ2n) is 2.72. The summed E-state index contributed by atoms with van der Waals surface area (Å²) in [7, 11) is 0. The van der Waals surface area contributed by atoms with Gasteiger partial charge in [-0.3, -0.25) is 4.79 Å². The van der Waals surface area contributed by atoms with E-state index in [2.05, 4.69) is 0 Å². The van der Waals surface area contributed by atoms with Gasteiger partial charge in [0.1, 0.15) is 5.69 Å². The van der Waals surface area contributed by atoms with Gasteiger partial charge < -0.3 is 10.1 Å². The zero-order valence-electron chi connectivity index (χ0n) is 7.17. The van der Waals surface area contributed by atoms with Gasteiger partial charge in [0.2, 0.25) is 0 Å². The zero-order valence-corrected chi connectivity index (χ0v) is 7.17. The normalized spacial score (nSPS) is 10.6. The Morgan fingerprint density at radius 2 is 2.14 bits per heavy atom. The van der Waals surface area contributed by atoms with Crippen molar-refractivity contribution in [2.75, 3.05) is 0 Å². The topological polar surface area (TPSA) is 70.2 Å². The molecule has 1 aromatic rings. The molecule has 4 nitrogen and oxygen atoms in total. The molecular weight excluding hydrogens is 196 g/mol. The van der Waals surface area contributed by atoms with E-state index in [-0.39, 0.29) is 5.56 Å². The summed E-state index contributed by atoms with van der Waals surface area (Å²) < 4.78 is 24.6. The lowest BCUT2D eigenvalue weighted by Gasteiger charge is -2.04. The fraction of sp³-hybridized carbons (Fsp3) is 0.250. The van der Waals surface area contributed by atoms with Crippen LogP contribution in [0, 0.1) is 6.92 Å². The van der Waals surface area contributed by atoms with E-state index in [1.165, 1.54) is 6.92 Å². The Labute approximate surface area is 77.2 Å². The molecule has 0 amide bonds. The van der Waals surface area contributed by atoms with Crippen LogP contribution in [-0.4, -0.2) is 16.1 Å². The maximum atomic E-state index is 12.3. The van der Waals surface area contributed by atoms with E-state index in [4.69, 9.17) is 5.11 Å². The quantitative estimate of drug-likeness (QED) is 0.761. The number of carbonyl (C=O) groups is 1. The van der Waals surface area contributed by atoms with Crippen molar-refractivity contribution in [3.8, 4) is 0 Å². The highest BCUT2D eigenvalue weighted by molar-refractivity contribution is 5.87. The largest absolute Gasteiger partial charge is 0.477 e. The summed E-state index contributed by atoms with van der Waals surface area (Å²) in [5, 5.41) is 8.53. The van der Waals surface area contributed by atoms with Gasteiger partial charge >= 0.3 is 5.97 Å². The Bertz CT molecular complexity index is 425. The van der Waals surface area contributed by atoms with Crippen molar-refractivity contribution in [2.24, 2.45) is 0 Å². The van der Waals surface area contributed by atoms with Crippen LogP contribution in [0.3, 0.4) is 0 Å². The van der Waals surface area contributed by atoms with Gasteiger partial charge in [-0.2, -0.15) is 0 Å². The smallest absolute Gasteiger partial charge is 0.352 e. The Hall–Kier alpha value is -1.72. The summed E-state index contributed by atoms with van der Waals surface area (Å²) in [6.07, 6.45) is -2.92. The first-order valence-electron chi connectivity index (χ1n) is 3.68. The zero-order chi connectivity index (χ0) is 10.9. The van der Waals surface area contributed by atoms with Crippen molar-refractivity contribution >= 4 is 5.97 Å². The molecule has 0 radical (unpaired) electrons. The van der Waals surface area contributed by atoms with Crippen LogP contribution in [0.1, 0.15) is 28.0 Å². The van der Waals surface area contributed by atoms with Crippen LogP contribution in [-0.2, 0) is 0 Å². The number of pyridine rings is 1. The van der Waals surface area contributed by atoms with E-state index in [1.807, 2.05) is 4.98 Å². The number of carboxylic acid groups (broad SMARTS) is 1. The highest BCUT2D eigenvalue weighted by Gasteiger charge is 2.19. The third kappa shape index (κ3) is 1.78. The Kier molecular flexibility index (Phi) is 2.64. The van der Waals surface area contributed by atoms with Crippen LogP contribution >= 0.6 is 0 Å². The van der Waals surface area contributed by atoms with E-state index < -0.39 is 29.2 Å². The molecule has 76 valence electrons. The maximum absolute atomic E-state index is 12.3. The van der Waals surface area contributed by atoms with Crippen molar-refractivity contribution < 1.29 is 18.7 Å². The van der Waals surface area contributed by atoms with Gasteiger partial charge in [0.15, 0.2) is 0 Å². The van der Waals surface area contributed by atoms with Gasteiger partial charge in [-0.05, 0) is 13.0 Å². The highest BCUT2D eigenvalue weighted by Crippen LogP contribution is 2.21. The SMILES string of the molecule is Cc1cc(C(F)F)c(C(=O)O)[nH]c1=O. The number of nitrogens with one attached hydrogen (secondary N) is 1. The fourth-order valence-electron chi connectivity index (χ4n) is 1.00. The predicted molar refractivity (Wildman–Crippen MR) is 43.7 cm³/mol. The number of aromatic nitrogens is 1. The molecule has 0 fully saturated rings. The molecular formula is C8H7F2NO3. The summed E-state index contributed by atoms with van der Waals surface area (Å²) in [6.45, 7) is 1.33. The van der Waals surface area contributed by atoms with Gasteiger partial charge in [0.25, 0.3) is 12.0 Å². The number of carboxylic acids is 1. The minimum Gasteiger partial charge on any atom is -0.477 e. The molecule has 0 saturated carbocycles. The van der Waals surface area contributed by atoms with E-state index in [0.717, 1.165) is 6.07 Å². The van der Waals surface area contributed by atoms with Crippen LogP contribution < -0.4 is 5.56 Å². The first kappa shape index (κ1) is 10.4. The molecule has 0 aliphatic carbocycles. The van der Waals surface area contributed by atoms with Crippen LogP contribution in [0.25, 0.3) is 0 Å². The van der Waals surface area contributed by atoms with E-state index in [9.17, 15) is 18.4 Å². The number of aryl methyl sites for hydroxylation is 1. The molecule has 0 aliphatic rings. The fourth-order valence-corrected chi connectivity index (χ4v) is 1.00. The van der Waals surface area contributed by atoms with Crippen molar-refractivity contribution in [2.45, 2.75) is 13.3 Å². The van der Waals surface area contributed by atoms with Crippen LogP contribution in [0.15, 0.2) is 10.9 Å². The Balaban J connectivity index is 3.47. The van der Waals surface area contributed by atoms with Crippen molar-refractivity contribution in [1.29, 1.82) is 0 Å². The van der Waals surface area contributed by atoms with Crippen LogP contribution in [0.5, 0.6) is 0 Å². The molecule has 0 saturated heterocycles. The third-order valence-electron chi connectivity index (χ3n) is 1.71. The minimum absolute atomic E-state index is 0.0605. The van der Waals surface area contributed by atoms with Crippen LogP contribution in [0.4, 0.5) is 8.78 Å². The maximum Gasteiger partial charge on any atom is 0.352 e. The summed E-state index contributed by atoms with van der Waals surface area (Å²) in [5.74, 6) is -1.57. The molecule has 0 aromatic carbocycles. The predicted octanol–water partition coefficient (Wildman–Crippen LogP) is 1.32. The third-order valence-corrected chi connectivity index (χ3v) is 1.71. The average molecular weight is 203 g/mol. The molecule has 1 heterocycles. The minimum atomic E-state index is -2.92. The molecule has 1 rings (SSSR count). The van der Waals surface area contributed by atoms with Gasteiger partial charge in [-0.25, -0.2) is 13.6 Å². The molecule has 6 heteroatoms. The molecule has 1 aromatic heterocycles. The van der Waals surface area contributed by atoms with Crippen molar-refractivity contribution in [3.05, 3.63) is 33.2 Å². The monoisotopic (exact) mass is 203 g/mol. The number of aromatic carboxylic acids is 1. The molecule has 0 bridgehead atoms. The number of alkyl halides is 2. The number of hydrogen-bond acceptors (Lipinski definition) is 2. The summed E-state index contributed by atoms with van der Waals surface area (Å²) in [6, 6.07) is 0.882. The van der Waals surface area contributed by atoms with E-state index in [0.29, 0.717) is 0 Å². The first-order chi connectivity index (χ1) is 6.43. The van der Waals surface area contributed by atoms with E-state index >= 15 is 0 Å². The average Bonchev–Trinajstić information content (AvgIpc) is 2.08. The number of H-pyrrole nitrogens is 1. The molecule has 0 atom stereocenters. The van der Waals surface area contributed by atoms with Crippen molar-refractivity contribution in [3.63, 3.8) is 0 Å². The molecule has 0 spiro atoms. The number of halogens is 2. The molecule has 2 N–H and O–H groups in total. The first-order valence-corrected chi connectivity index (χ1v) is 3.68. The summed E-state index contributed by atoms with van der Waals surface area (Å²) in [4.78, 5) is 23.3. The molecule has 0 unspecified atom stereocenters. The Morgan fingerprint density at radius 3 is 2.57 bits per heavy atom. The lowest BCUT2D eigenvalue weighted by Crippen LogP contribution is -2.18. The number of aromatic amines is 1. The van der Waals surface area contributed by atoms with E-state index in [1.54, 1.807) is 0 Å². The van der Waals surface area contributed by atoms with Crippen LogP contribution in [0.2, 0.25) is 0 Å². The highest BCUT2D eigenvalue weighted by atomic mass is 19.3. The second-order valence-corrected chi connectivity index (χ2v) is 2.72. The van der Waals surface area contributed by atoms with Gasteiger partial charge in [0, 0.05) is 11.1 Å². The summed E-state index contributed by atoms with van der Waals surface area (Å²) >= 11 is 0. The van der Waals surface area contributed by atoms with Crippen molar-refractivity contribution in [1.82, 2.24) is 4.98 Å². The van der Waals surface area contributed by atoms with Gasteiger partial charge in [-0.15, -0.1) is 0 Å². The molecule has 0 aliphatic heterocycles. The number of hydrogen-bond donors (Lipinski definition) is 2. The number of rotatable bonds is 2. The second kappa shape index (κ2) is 3.57. The summed E-state index contributed by atoms with van der Waals surface area (Å²) in [5.41, 5.74) is -2.04. The lowest BCUT2D eigenvalue weighted by atomic mass is 10.1. The Morgan fingerprint density at radius 1 is 1.57 bits per heavy atom.